The van der Waals surface area contributed by atoms with Gasteiger partial charge in [-0.25, -0.2) is 13.4 Å². The highest BCUT2D eigenvalue weighted by molar-refractivity contribution is 8.15. The van der Waals surface area contributed by atoms with E-state index in [0.717, 1.165) is 17.0 Å². The SMILES string of the molecule is Cc1ccc(C(=O)Nc2nc(C)c(S(=O)(=O)Cl)s2)cn1. The van der Waals surface area contributed by atoms with Gasteiger partial charge in [0, 0.05) is 22.6 Å². The summed E-state index contributed by atoms with van der Waals surface area (Å²) in [5.41, 5.74) is 1.41. The van der Waals surface area contributed by atoms with Crippen LogP contribution in [0.1, 0.15) is 21.7 Å². The summed E-state index contributed by atoms with van der Waals surface area (Å²) in [6, 6.07) is 3.33. The number of thiazole rings is 1. The number of carbonyl (C=O) groups excluding carboxylic acids is 1. The standard InChI is InChI=1S/C11H10ClN3O3S2/c1-6-3-4-8(5-13-6)9(16)15-11-14-7(2)10(19-11)20(12,17)18/h3-5H,1-2H3,(H,14,15,16). The molecule has 0 radical (unpaired) electrons. The Morgan fingerprint density at radius 3 is 2.55 bits per heavy atom. The summed E-state index contributed by atoms with van der Waals surface area (Å²) >= 11 is 0.809. The number of nitrogens with one attached hydrogen (secondary N) is 1. The van der Waals surface area contributed by atoms with Crippen LogP contribution in [0, 0.1) is 13.8 Å². The number of halogens is 1. The van der Waals surface area contributed by atoms with Crippen molar-refractivity contribution in [1.29, 1.82) is 0 Å². The molecular formula is C11H10ClN3O3S2. The fraction of sp³-hybridized carbons (Fsp3) is 0.182. The van der Waals surface area contributed by atoms with E-state index in [9.17, 15) is 13.2 Å². The first-order chi connectivity index (χ1) is 9.27. The smallest absolute Gasteiger partial charge is 0.272 e. The van der Waals surface area contributed by atoms with Gasteiger partial charge in [-0.3, -0.25) is 15.1 Å². The molecule has 0 aliphatic rings. The summed E-state index contributed by atoms with van der Waals surface area (Å²) < 4.78 is 22.5. The number of amides is 1. The van der Waals surface area contributed by atoms with Crippen molar-refractivity contribution in [1.82, 2.24) is 9.97 Å². The van der Waals surface area contributed by atoms with Gasteiger partial charge in [0.05, 0.1) is 11.3 Å². The molecule has 0 fully saturated rings. The molecule has 1 amide bonds. The summed E-state index contributed by atoms with van der Waals surface area (Å²) in [5.74, 6) is -0.412. The molecule has 0 aromatic carbocycles. The first kappa shape index (κ1) is 14.9. The molecule has 20 heavy (non-hydrogen) atoms. The third kappa shape index (κ3) is 3.33. The molecule has 0 bridgehead atoms. The zero-order valence-electron chi connectivity index (χ0n) is 10.5. The van der Waals surface area contributed by atoms with Gasteiger partial charge in [0.15, 0.2) is 9.34 Å². The van der Waals surface area contributed by atoms with E-state index >= 15 is 0 Å². The first-order valence-corrected chi connectivity index (χ1v) is 8.56. The van der Waals surface area contributed by atoms with Crippen molar-refractivity contribution in [2.24, 2.45) is 0 Å². The molecule has 0 spiro atoms. The highest BCUT2D eigenvalue weighted by Gasteiger charge is 2.20. The van der Waals surface area contributed by atoms with Crippen LogP contribution in [-0.4, -0.2) is 24.3 Å². The Kier molecular flexibility index (Phi) is 4.07. The molecule has 2 aromatic rings. The maximum absolute atomic E-state index is 11.9. The number of aromatic nitrogens is 2. The van der Waals surface area contributed by atoms with Crippen LogP contribution < -0.4 is 5.32 Å². The highest BCUT2D eigenvalue weighted by atomic mass is 35.7. The fourth-order valence-electron chi connectivity index (χ4n) is 1.43. The van der Waals surface area contributed by atoms with Crippen molar-refractivity contribution in [2.75, 3.05) is 5.32 Å². The minimum Gasteiger partial charge on any atom is -0.298 e. The zero-order chi connectivity index (χ0) is 14.9. The van der Waals surface area contributed by atoms with Crippen molar-refractivity contribution < 1.29 is 13.2 Å². The number of aryl methyl sites for hydroxylation is 2. The van der Waals surface area contributed by atoms with E-state index in [1.165, 1.54) is 13.1 Å². The van der Waals surface area contributed by atoms with E-state index in [1.807, 2.05) is 6.92 Å². The second-order valence-electron chi connectivity index (χ2n) is 3.97. The summed E-state index contributed by atoms with van der Waals surface area (Å²) in [4.78, 5) is 19.9. The normalized spacial score (nSPS) is 11.3. The van der Waals surface area contributed by atoms with Crippen LogP contribution in [-0.2, 0) is 9.05 Å². The molecule has 0 unspecified atom stereocenters. The lowest BCUT2D eigenvalue weighted by molar-refractivity contribution is 0.102. The van der Waals surface area contributed by atoms with Crippen molar-refractivity contribution in [3.63, 3.8) is 0 Å². The Labute approximate surface area is 124 Å². The third-order valence-electron chi connectivity index (χ3n) is 2.37. The summed E-state index contributed by atoms with van der Waals surface area (Å²) in [7, 11) is 1.41. The number of carbonyl (C=O) groups is 1. The Morgan fingerprint density at radius 2 is 2.05 bits per heavy atom. The Hall–Kier alpha value is -1.51. The lowest BCUT2D eigenvalue weighted by Gasteiger charge is -2.01. The van der Waals surface area contributed by atoms with Crippen molar-refractivity contribution in [3.8, 4) is 0 Å². The molecule has 2 aromatic heterocycles. The van der Waals surface area contributed by atoms with Gasteiger partial charge in [-0.2, -0.15) is 0 Å². The quantitative estimate of drug-likeness (QED) is 0.872. The van der Waals surface area contributed by atoms with Crippen LogP contribution in [0.4, 0.5) is 5.13 Å². The largest absolute Gasteiger partial charge is 0.298 e. The number of hydrogen-bond donors (Lipinski definition) is 1. The topological polar surface area (TPSA) is 89.0 Å². The molecule has 0 atom stereocenters. The van der Waals surface area contributed by atoms with Gasteiger partial charge >= 0.3 is 0 Å². The summed E-state index contributed by atoms with van der Waals surface area (Å²) in [6.07, 6.45) is 1.43. The van der Waals surface area contributed by atoms with E-state index in [1.54, 1.807) is 12.1 Å². The molecule has 2 rings (SSSR count). The van der Waals surface area contributed by atoms with Gasteiger partial charge in [-0.05, 0) is 26.0 Å². The lowest BCUT2D eigenvalue weighted by Crippen LogP contribution is -2.12. The van der Waals surface area contributed by atoms with E-state index in [2.05, 4.69) is 15.3 Å². The first-order valence-electron chi connectivity index (χ1n) is 5.43. The fourth-order valence-corrected chi connectivity index (χ4v) is 3.78. The minimum absolute atomic E-state index is 0.0727. The molecule has 0 saturated carbocycles. The zero-order valence-corrected chi connectivity index (χ0v) is 12.9. The van der Waals surface area contributed by atoms with Crippen molar-refractivity contribution in [2.45, 2.75) is 18.1 Å². The molecule has 1 N–H and O–H groups in total. The Balaban J connectivity index is 2.23. The number of anilines is 1. The highest BCUT2D eigenvalue weighted by Crippen LogP contribution is 2.29. The average Bonchev–Trinajstić information content (AvgIpc) is 2.70. The molecule has 0 aliphatic carbocycles. The number of nitrogens with zero attached hydrogens (tertiary/aromatic N) is 2. The average molecular weight is 332 g/mol. The summed E-state index contributed by atoms with van der Waals surface area (Å²) in [5, 5.41) is 2.69. The van der Waals surface area contributed by atoms with Crippen LogP contribution in [0.3, 0.4) is 0 Å². The van der Waals surface area contributed by atoms with Gasteiger partial charge in [-0.15, -0.1) is 0 Å². The van der Waals surface area contributed by atoms with E-state index in [-0.39, 0.29) is 15.0 Å². The van der Waals surface area contributed by atoms with Crippen LogP contribution >= 0.6 is 22.0 Å². The van der Waals surface area contributed by atoms with Crippen LogP contribution in [0.15, 0.2) is 22.5 Å². The van der Waals surface area contributed by atoms with Gasteiger partial charge in [0.1, 0.15) is 0 Å². The minimum atomic E-state index is -3.85. The van der Waals surface area contributed by atoms with Gasteiger partial charge < -0.3 is 0 Å². The molecule has 9 heteroatoms. The number of pyridine rings is 1. The van der Waals surface area contributed by atoms with Gasteiger partial charge in [0.25, 0.3) is 15.0 Å². The van der Waals surface area contributed by atoms with Crippen LogP contribution in [0.5, 0.6) is 0 Å². The molecular weight excluding hydrogens is 322 g/mol. The molecule has 0 aliphatic heterocycles. The van der Waals surface area contributed by atoms with Gasteiger partial charge in [0.2, 0.25) is 0 Å². The molecule has 106 valence electrons. The Morgan fingerprint density at radius 1 is 1.35 bits per heavy atom. The van der Waals surface area contributed by atoms with E-state index in [0.29, 0.717) is 5.56 Å². The maximum Gasteiger partial charge on any atom is 0.272 e. The molecule has 2 heterocycles. The second-order valence-corrected chi connectivity index (χ2v) is 7.73. The van der Waals surface area contributed by atoms with Crippen LogP contribution in [0.25, 0.3) is 0 Å². The van der Waals surface area contributed by atoms with E-state index < -0.39 is 15.0 Å². The second kappa shape index (κ2) is 5.47. The maximum atomic E-state index is 11.9. The van der Waals surface area contributed by atoms with E-state index in [4.69, 9.17) is 10.7 Å². The molecule has 0 saturated heterocycles. The number of hydrogen-bond acceptors (Lipinski definition) is 6. The molecule has 6 nitrogen and oxygen atoms in total. The van der Waals surface area contributed by atoms with Gasteiger partial charge in [-0.1, -0.05) is 11.3 Å². The van der Waals surface area contributed by atoms with Crippen LogP contribution in [0.2, 0.25) is 0 Å². The predicted molar refractivity (Wildman–Crippen MR) is 76.8 cm³/mol. The number of rotatable bonds is 3. The predicted octanol–water partition coefficient (Wildman–Crippen LogP) is 2.33. The van der Waals surface area contributed by atoms with Crippen molar-refractivity contribution >= 4 is 42.1 Å². The monoisotopic (exact) mass is 331 g/mol. The Bertz CT molecular complexity index is 754. The summed E-state index contributed by atoms with van der Waals surface area (Å²) in [6.45, 7) is 3.32. The lowest BCUT2D eigenvalue weighted by atomic mass is 10.2. The third-order valence-corrected chi connectivity index (χ3v) is 5.62. The van der Waals surface area contributed by atoms with Crippen molar-refractivity contribution in [3.05, 3.63) is 35.3 Å².